The number of carbonyl (C=O) groups excluding carboxylic acids is 1. The maximum Gasteiger partial charge on any atom is 0.252 e. The first-order chi connectivity index (χ1) is 10.7. The monoisotopic (exact) mass is 310 g/mol. The van der Waals surface area contributed by atoms with Crippen LogP contribution in [0.4, 0.5) is 0 Å². The molecule has 0 saturated heterocycles. The minimum Gasteiger partial charge on any atom is -0.350 e. The molecule has 112 valence electrons. The van der Waals surface area contributed by atoms with Gasteiger partial charge in [-0.1, -0.05) is 43.0 Å². The van der Waals surface area contributed by atoms with Gasteiger partial charge in [0, 0.05) is 15.8 Å². The van der Waals surface area contributed by atoms with Crippen molar-refractivity contribution in [2.75, 3.05) is 0 Å². The van der Waals surface area contributed by atoms with Crippen LogP contribution in [0, 0.1) is 11.3 Å². The summed E-state index contributed by atoms with van der Waals surface area (Å²) in [5, 5.41) is 12.2. The molecule has 2 aromatic rings. The average Bonchev–Trinajstić information content (AvgIpc) is 2.55. The molecule has 2 rings (SSSR count). The summed E-state index contributed by atoms with van der Waals surface area (Å²) in [5.74, 6) is -0.0770. The van der Waals surface area contributed by atoms with Gasteiger partial charge in [0.15, 0.2) is 0 Å². The molecule has 0 radical (unpaired) electrons. The number of hydrogen-bond acceptors (Lipinski definition) is 3. The summed E-state index contributed by atoms with van der Waals surface area (Å²) in [6, 6.07) is 17.2. The van der Waals surface area contributed by atoms with Gasteiger partial charge >= 0.3 is 0 Å². The summed E-state index contributed by atoms with van der Waals surface area (Å²) in [5.41, 5.74) is 1.25. The van der Waals surface area contributed by atoms with Crippen LogP contribution in [-0.2, 0) is 0 Å². The van der Waals surface area contributed by atoms with Gasteiger partial charge in [-0.3, -0.25) is 4.79 Å². The van der Waals surface area contributed by atoms with Crippen molar-refractivity contribution in [3.63, 3.8) is 0 Å². The Morgan fingerprint density at radius 3 is 2.50 bits per heavy atom. The molecule has 3 nitrogen and oxygen atoms in total. The number of hydrogen-bond donors (Lipinski definition) is 1. The molecule has 0 bridgehead atoms. The largest absolute Gasteiger partial charge is 0.350 e. The highest BCUT2D eigenvalue weighted by Crippen LogP contribution is 2.32. The van der Waals surface area contributed by atoms with E-state index in [0.29, 0.717) is 11.1 Å². The highest BCUT2D eigenvalue weighted by molar-refractivity contribution is 7.99. The molecule has 0 aliphatic carbocycles. The van der Waals surface area contributed by atoms with Crippen molar-refractivity contribution in [1.82, 2.24) is 5.32 Å². The third kappa shape index (κ3) is 3.90. The highest BCUT2D eigenvalue weighted by atomic mass is 32.2. The molecular weight excluding hydrogens is 292 g/mol. The number of carbonyl (C=O) groups is 1. The van der Waals surface area contributed by atoms with Crippen LogP contribution in [0.2, 0.25) is 0 Å². The summed E-state index contributed by atoms with van der Waals surface area (Å²) in [6.07, 6.45) is 0.887. The van der Waals surface area contributed by atoms with Crippen LogP contribution in [0.3, 0.4) is 0 Å². The Morgan fingerprint density at radius 1 is 1.18 bits per heavy atom. The first-order valence-electron chi connectivity index (χ1n) is 7.22. The standard InChI is InChI=1S/C18H18N2OS/c1-3-13(2)20-18(21)15-9-5-7-11-17(15)22-16-10-6-4-8-14(16)12-19/h4-11,13H,3H2,1-2H3,(H,20,21)/t13-/m0/s1. The predicted octanol–water partition coefficient (Wildman–Crippen LogP) is 4.24. The van der Waals surface area contributed by atoms with Crippen LogP contribution in [0.1, 0.15) is 36.2 Å². The molecule has 0 aliphatic rings. The Bertz CT molecular complexity index is 706. The Balaban J connectivity index is 2.29. The topological polar surface area (TPSA) is 52.9 Å². The van der Waals surface area contributed by atoms with E-state index in [1.807, 2.05) is 56.3 Å². The number of benzene rings is 2. The SMILES string of the molecule is CC[C@H](C)NC(=O)c1ccccc1Sc1ccccc1C#N. The Kier molecular flexibility index (Phi) is 5.62. The van der Waals surface area contributed by atoms with Crippen molar-refractivity contribution >= 4 is 17.7 Å². The maximum absolute atomic E-state index is 12.4. The van der Waals surface area contributed by atoms with Gasteiger partial charge in [0.1, 0.15) is 6.07 Å². The van der Waals surface area contributed by atoms with Gasteiger partial charge in [-0.05, 0) is 37.6 Å². The van der Waals surface area contributed by atoms with Gasteiger partial charge in [-0.25, -0.2) is 0 Å². The molecule has 2 aromatic carbocycles. The third-order valence-electron chi connectivity index (χ3n) is 3.35. The van der Waals surface area contributed by atoms with Crippen molar-refractivity contribution < 1.29 is 4.79 Å². The lowest BCUT2D eigenvalue weighted by Gasteiger charge is -2.14. The van der Waals surface area contributed by atoms with E-state index in [9.17, 15) is 10.1 Å². The fourth-order valence-corrected chi connectivity index (χ4v) is 2.94. The summed E-state index contributed by atoms with van der Waals surface area (Å²) in [6.45, 7) is 4.02. The highest BCUT2D eigenvalue weighted by Gasteiger charge is 2.14. The summed E-state index contributed by atoms with van der Waals surface area (Å²) < 4.78 is 0. The Morgan fingerprint density at radius 2 is 1.82 bits per heavy atom. The van der Waals surface area contributed by atoms with Crippen LogP contribution >= 0.6 is 11.8 Å². The van der Waals surface area contributed by atoms with Crippen molar-refractivity contribution in [3.05, 3.63) is 59.7 Å². The van der Waals surface area contributed by atoms with E-state index < -0.39 is 0 Å². The van der Waals surface area contributed by atoms with Crippen molar-refractivity contribution in [1.29, 1.82) is 5.26 Å². The molecule has 0 spiro atoms. The first kappa shape index (κ1) is 16.1. The molecule has 4 heteroatoms. The Hall–Kier alpha value is -2.25. The number of amides is 1. The van der Waals surface area contributed by atoms with Gasteiger partial charge in [0.05, 0.1) is 11.1 Å². The second kappa shape index (κ2) is 7.67. The van der Waals surface area contributed by atoms with E-state index in [4.69, 9.17) is 0 Å². The number of nitrogens with zero attached hydrogens (tertiary/aromatic N) is 1. The summed E-state index contributed by atoms with van der Waals surface area (Å²) in [4.78, 5) is 14.1. The van der Waals surface area contributed by atoms with Crippen molar-refractivity contribution in [3.8, 4) is 6.07 Å². The van der Waals surface area contributed by atoms with E-state index in [1.54, 1.807) is 6.07 Å². The summed E-state index contributed by atoms with van der Waals surface area (Å²) >= 11 is 1.45. The van der Waals surface area contributed by atoms with E-state index in [0.717, 1.165) is 16.2 Å². The summed E-state index contributed by atoms with van der Waals surface area (Å²) in [7, 11) is 0. The molecule has 1 amide bonds. The first-order valence-corrected chi connectivity index (χ1v) is 8.04. The molecule has 0 unspecified atom stereocenters. The fourth-order valence-electron chi connectivity index (χ4n) is 1.91. The van der Waals surface area contributed by atoms with E-state index in [1.165, 1.54) is 11.8 Å². The van der Waals surface area contributed by atoms with Crippen LogP contribution in [-0.4, -0.2) is 11.9 Å². The van der Waals surface area contributed by atoms with Crippen molar-refractivity contribution in [2.24, 2.45) is 0 Å². The van der Waals surface area contributed by atoms with Gasteiger partial charge in [0.2, 0.25) is 0 Å². The zero-order chi connectivity index (χ0) is 15.9. The Labute approximate surface area is 135 Å². The molecule has 0 fully saturated rings. The third-order valence-corrected chi connectivity index (χ3v) is 4.50. The minimum atomic E-state index is -0.0770. The second-order valence-electron chi connectivity index (χ2n) is 4.99. The zero-order valence-corrected chi connectivity index (χ0v) is 13.5. The molecule has 0 aliphatic heterocycles. The number of nitrogens with one attached hydrogen (secondary N) is 1. The van der Waals surface area contributed by atoms with Crippen LogP contribution in [0.15, 0.2) is 58.3 Å². The fraction of sp³-hybridized carbons (Fsp3) is 0.222. The van der Waals surface area contributed by atoms with Gasteiger partial charge in [-0.15, -0.1) is 0 Å². The predicted molar refractivity (Wildman–Crippen MR) is 88.9 cm³/mol. The van der Waals surface area contributed by atoms with Crippen LogP contribution in [0.5, 0.6) is 0 Å². The molecule has 0 aromatic heterocycles. The maximum atomic E-state index is 12.4. The van der Waals surface area contributed by atoms with E-state index in [-0.39, 0.29) is 11.9 Å². The number of rotatable bonds is 5. The molecule has 0 saturated carbocycles. The quantitative estimate of drug-likeness (QED) is 0.898. The normalized spacial score (nSPS) is 11.5. The lowest BCUT2D eigenvalue weighted by molar-refractivity contribution is 0.0936. The molecule has 1 atom stereocenters. The molecule has 1 N–H and O–H groups in total. The minimum absolute atomic E-state index is 0.0770. The van der Waals surface area contributed by atoms with E-state index in [2.05, 4.69) is 11.4 Å². The molecule has 22 heavy (non-hydrogen) atoms. The van der Waals surface area contributed by atoms with Crippen molar-refractivity contribution in [2.45, 2.75) is 36.1 Å². The molecule has 0 heterocycles. The van der Waals surface area contributed by atoms with Gasteiger partial charge in [0.25, 0.3) is 5.91 Å². The molecular formula is C18H18N2OS. The zero-order valence-electron chi connectivity index (χ0n) is 12.7. The lowest BCUT2D eigenvalue weighted by atomic mass is 10.2. The van der Waals surface area contributed by atoms with E-state index >= 15 is 0 Å². The van der Waals surface area contributed by atoms with Gasteiger partial charge < -0.3 is 5.32 Å². The van der Waals surface area contributed by atoms with Gasteiger partial charge in [-0.2, -0.15) is 5.26 Å². The van der Waals surface area contributed by atoms with Crippen LogP contribution < -0.4 is 5.32 Å². The smallest absolute Gasteiger partial charge is 0.252 e. The number of nitriles is 1. The second-order valence-corrected chi connectivity index (χ2v) is 6.07. The average molecular weight is 310 g/mol. The lowest BCUT2D eigenvalue weighted by Crippen LogP contribution is -2.32. The van der Waals surface area contributed by atoms with Crippen LogP contribution in [0.25, 0.3) is 0 Å².